The number of amides is 1. The van der Waals surface area contributed by atoms with Crippen molar-refractivity contribution in [3.63, 3.8) is 0 Å². The van der Waals surface area contributed by atoms with Crippen molar-refractivity contribution in [1.82, 2.24) is 15.3 Å². The predicted molar refractivity (Wildman–Crippen MR) is 130 cm³/mol. The summed E-state index contributed by atoms with van der Waals surface area (Å²) in [5, 5.41) is 11.9. The number of anilines is 1. The van der Waals surface area contributed by atoms with Crippen molar-refractivity contribution in [2.24, 2.45) is 10.7 Å². The number of aromatic nitrogens is 2. The first-order chi connectivity index (χ1) is 16.3. The van der Waals surface area contributed by atoms with Gasteiger partial charge in [-0.3, -0.25) is 19.6 Å². The standard InChI is InChI=1S/C24H23N7O3/c1-14(29-23(33)21-20(27)22(32)31-24(34)30-21)15-7-4-8-16(9-15)19(11-26)13-28-12-18-6-3-2-5-17(18)10-25/h2-9,11,13-14H,12,26-27H2,1H3,(H,29,33)(H2,30,31,32,34)/t14-/m1/s1. The third-order valence-corrected chi connectivity index (χ3v) is 5.08. The molecule has 0 bridgehead atoms. The van der Waals surface area contributed by atoms with E-state index in [4.69, 9.17) is 11.5 Å². The highest BCUT2D eigenvalue weighted by Gasteiger charge is 2.17. The number of nitrogen functional groups attached to an aromatic ring is 1. The Labute approximate surface area is 194 Å². The van der Waals surface area contributed by atoms with E-state index in [1.807, 2.05) is 35.3 Å². The molecule has 7 N–H and O–H groups in total. The van der Waals surface area contributed by atoms with E-state index in [2.05, 4.69) is 21.4 Å². The van der Waals surface area contributed by atoms with Crippen molar-refractivity contribution >= 4 is 23.4 Å². The Morgan fingerprint density at radius 1 is 1.21 bits per heavy atom. The number of nitriles is 1. The summed E-state index contributed by atoms with van der Waals surface area (Å²) < 4.78 is 0. The molecule has 1 aromatic heterocycles. The number of nitrogens with zero attached hydrogens (tertiary/aromatic N) is 2. The summed E-state index contributed by atoms with van der Waals surface area (Å²) in [6, 6.07) is 16.2. The van der Waals surface area contributed by atoms with Crippen LogP contribution in [0.25, 0.3) is 5.57 Å². The van der Waals surface area contributed by atoms with Gasteiger partial charge in [0.1, 0.15) is 11.4 Å². The lowest BCUT2D eigenvalue weighted by molar-refractivity contribution is 0.0935. The summed E-state index contributed by atoms with van der Waals surface area (Å²) in [5.41, 5.74) is 12.6. The lowest BCUT2D eigenvalue weighted by Crippen LogP contribution is -2.34. The number of carbonyl (C=O) groups excluding carboxylic acids is 1. The van der Waals surface area contributed by atoms with Crippen LogP contribution < -0.4 is 28.0 Å². The molecule has 0 radical (unpaired) electrons. The number of rotatable bonds is 7. The number of carbonyl (C=O) groups is 1. The third-order valence-electron chi connectivity index (χ3n) is 5.08. The summed E-state index contributed by atoms with van der Waals surface area (Å²) in [4.78, 5) is 44.3. The number of allylic oxidation sites excluding steroid dienone is 1. The van der Waals surface area contributed by atoms with Gasteiger partial charge in [-0.2, -0.15) is 5.26 Å². The van der Waals surface area contributed by atoms with Crippen LogP contribution in [0.4, 0.5) is 5.69 Å². The maximum absolute atomic E-state index is 12.6. The van der Waals surface area contributed by atoms with E-state index >= 15 is 0 Å². The number of hydrogen-bond acceptors (Lipinski definition) is 7. The third kappa shape index (κ3) is 5.46. The molecule has 1 heterocycles. The van der Waals surface area contributed by atoms with Crippen LogP contribution in [-0.4, -0.2) is 22.1 Å². The van der Waals surface area contributed by atoms with E-state index in [9.17, 15) is 19.6 Å². The number of nitrogens with two attached hydrogens (primary N) is 2. The molecule has 0 spiro atoms. The van der Waals surface area contributed by atoms with E-state index in [1.165, 1.54) is 6.20 Å². The van der Waals surface area contributed by atoms with Crippen molar-refractivity contribution in [1.29, 1.82) is 5.26 Å². The first-order valence-corrected chi connectivity index (χ1v) is 10.3. The molecular weight excluding hydrogens is 434 g/mol. The van der Waals surface area contributed by atoms with E-state index in [-0.39, 0.29) is 11.4 Å². The van der Waals surface area contributed by atoms with Gasteiger partial charge in [0.2, 0.25) is 0 Å². The highest BCUT2D eigenvalue weighted by atomic mass is 16.2. The lowest BCUT2D eigenvalue weighted by Gasteiger charge is -2.16. The highest BCUT2D eigenvalue weighted by molar-refractivity contribution is 6.09. The molecule has 0 unspecified atom stereocenters. The first kappa shape index (κ1) is 23.7. The number of benzene rings is 2. The summed E-state index contributed by atoms with van der Waals surface area (Å²) in [5.74, 6) is -0.689. The fraction of sp³-hybridized carbons (Fsp3) is 0.125. The van der Waals surface area contributed by atoms with Crippen molar-refractivity contribution in [3.05, 3.63) is 104 Å². The summed E-state index contributed by atoms with van der Waals surface area (Å²) in [7, 11) is 0. The predicted octanol–water partition coefficient (Wildman–Crippen LogP) is 1.58. The monoisotopic (exact) mass is 457 g/mol. The molecule has 0 saturated carbocycles. The second-order valence-electron chi connectivity index (χ2n) is 7.38. The van der Waals surface area contributed by atoms with Crippen LogP contribution in [0.5, 0.6) is 0 Å². The van der Waals surface area contributed by atoms with Gasteiger partial charge >= 0.3 is 5.69 Å². The van der Waals surface area contributed by atoms with Crippen LogP contribution in [0, 0.1) is 11.3 Å². The molecule has 1 amide bonds. The Kier molecular flexibility index (Phi) is 7.41. The summed E-state index contributed by atoms with van der Waals surface area (Å²) in [6.07, 6.45) is 3.04. The Morgan fingerprint density at radius 3 is 2.71 bits per heavy atom. The zero-order valence-corrected chi connectivity index (χ0v) is 18.3. The van der Waals surface area contributed by atoms with E-state index in [0.29, 0.717) is 17.7 Å². The smallest absolute Gasteiger partial charge is 0.326 e. The fourth-order valence-corrected chi connectivity index (χ4v) is 3.24. The van der Waals surface area contributed by atoms with Gasteiger partial charge in [-0.05, 0) is 35.7 Å². The molecule has 3 aromatic rings. The van der Waals surface area contributed by atoms with Crippen molar-refractivity contribution in [3.8, 4) is 6.07 Å². The van der Waals surface area contributed by atoms with Crippen LogP contribution in [0.15, 0.2) is 69.3 Å². The molecule has 10 heteroatoms. The molecule has 172 valence electrons. The second kappa shape index (κ2) is 10.6. The van der Waals surface area contributed by atoms with Gasteiger partial charge in [0, 0.05) is 18.0 Å². The normalized spacial score (nSPS) is 12.3. The molecule has 0 saturated heterocycles. The van der Waals surface area contributed by atoms with Gasteiger partial charge in [-0.15, -0.1) is 0 Å². The first-order valence-electron chi connectivity index (χ1n) is 10.3. The number of nitrogens with one attached hydrogen (secondary N) is 3. The fourth-order valence-electron chi connectivity index (χ4n) is 3.24. The Bertz CT molecular complexity index is 1430. The van der Waals surface area contributed by atoms with E-state index in [1.54, 1.807) is 31.3 Å². The Hall–Kier alpha value is -4.91. The van der Waals surface area contributed by atoms with Gasteiger partial charge < -0.3 is 21.8 Å². The minimum Gasteiger partial charge on any atom is -0.404 e. The minimum atomic E-state index is -0.835. The van der Waals surface area contributed by atoms with Crippen LogP contribution in [-0.2, 0) is 6.54 Å². The molecule has 34 heavy (non-hydrogen) atoms. The molecular formula is C24H23N7O3. The molecule has 10 nitrogen and oxygen atoms in total. The molecule has 2 aromatic carbocycles. The second-order valence-corrected chi connectivity index (χ2v) is 7.38. The van der Waals surface area contributed by atoms with E-state index in [0.717, 1.165) is 16.7 Å². The van der Waals surface area contributed by atoms with Crippen LogP contribution in [0.1, 0.15) is 45.7 Å². The Morgan fingerprint density at radius 2 is 1.97 bits per heavy atom. The van der Waals surface area contributed by atoms with Crippen LogP contribution >= 0.6 is 0 Å². The number of hydrogen-bond donors (Lipinski definition) is 5. The SMILES string of the molecule is C[C@@H](NC(=O)c1[nH]c(=O)[nH]c(=O)c1N)c1cccc(C(C=NCc2ccccc2C#N)=CN)c1. The number of H-pyrrole nitrogens is 2. The highest BCUT2D eigenvalue weighted by Crippen LogP contribution is 2.20. The molecule has 0 aliphatic rings. The van der Waals surface area contributed by atoms with Crippen LogP contribution in [0.2, 0.25) is 0 Å². The largest absolute Gasteiger partial charge is 0.404 e. The molecule has 0 fully saturated rings. The van der Waals surface area contributed by atoms with Gasteiger partial charge in [-0.1, -0.05) is 36.4 Å². The average molecular weight is 457 g/mol. The Balaban J connectivity index is 1.76. The molecule has 3 rings (SSSR count). The number of aliphatic imine (C=N–C) groups is 1. The summed E-state index contributed by atoms with van der Waals surface area (Å²) in [6.45, 7) is 2.07. The molecule has 1 atom stereocenters. The molecule has 0 aliphatic heterocycles. The van der Waals surface area contributed by atoms with E-state index < -0.39 is 23.2 Å². The summed E-state index contributed by atoms with van der Waals surface area (Å²) >= 11 is 0. The van der Waals surface area contributed by atoms with Gasteiger partial charge in [-0.25, -0.2) is 4.79 Å². The van der Waals surface area contributed by atoms with Gasteiger partial charge in [0.25, 0.3) is 11.5 Å². The lowest BCUT2D eigenvalue weighted by atomic mass is 10.0. The van der Waals surface area contributed by atoms with Crippen molar-refractivity contribution in [2.45, 2.75) is 19.5 Å². The van der Waals surface area contributed by atoms with Gasteiger partial charge in [0.05, 0.1) is 24.2 Å². The van der Waals surface area contributed by atoms with Gasteiger partial charge in [0.15, 0.2) is 0 Å². The zero-order valence-electron chi connectivity index (χ0n) is 18.3. The maximum Gasteiger partial charge on any atom is 0.326 e. The topological polar surface area (TPSA) is 183 Å². The van der Waals surface area contributed by atoms with Crippen molar-refractivity contribution < 1.29 is 4.79 Å². The van der Waals surface area contributed by atoms with Crippen molar-refractivity contribution in [2.75, 3.05) is 5.73 Å². The molecule has 0 aliphatic carbocycles. The average Bonchev–Trinajstić information content (AvgIpc) is 2.84. The number of aromatic amines is 2. The van der Waals surface area contributed by atoms with Crippen LogP contribution in [0.3, 0.4) is 0 Å². The maximum atomic E-state index is 12.6. The zero-order chi connectivity index (χ0) is 24.7. The minimum absolute atomic E-state index is 0.302. The quantitative estimate of drug-likeness (QED) is 0.335.